The SMILES string of the molecule is NCCCCC(N)CCC(N)CCc1ccccc1-c1nc2ccccc2[nH]1. The Morgan fingerprint density at radius 1 is 0.821 bits per heavy atom. The van der Waals surface area contributed by atoms with Crippen LogP contribution in [0.2, 0.25) is 0 Å². The van der Waals surface area contributed by atoms with E-state index >= 15 is 0 Å². The summed E-state index contributed by atoms with van der Waals surface area (Å²) < 4.78 is 0. The number of benzene rings is 2. The molecule has 0 aliphatic rings. The lowest BCUT2D eigenvalue weighted by molar-refractivity contribution is 0.469. The van der Waals surface area contributed by atoms with Crippen LogP contribution < -0.4 is 17.2 Å². The molecule has 0 fully saturated rings. The Balaban J connectivity index is 1.56. The second-order valence-corrected chi connectivity index (χ2v) is 7.68. The molecule has 2 unspecified atom stereocenters. The summed E-state index contributed by atoms with van der Waals surface area (Å²) >= 11 is 0. The minimum Gasteiger partial charge on any atom is -0.338 e. The number of rotatable bonds is 11. The summed E-state index contributed by atoms with van der Waals surface area (Å²) in [5, 5.41) is 0. The Kier molecular flexibility index (Phi) is 7.60. The van der Waals surface area contributed by atoms with Gasteiger partial charge in [-0.25, -0.2) is 4.98 Å². The van der Waals surface area contributed by atoms with Crippen molar-refractivity contribution in [2.24, 2.45) is 17.2 Å². The lowest BCUT2D eigenvalue weighted by Crippen LogP contribution is -2.26. The number of aryl methyl sites for hydroxylation is 1. The quantitative estimate of drug-likeness (QED) is 0.381. The van der Waals surface area contributed by atoms with Crippen LogP contribution in [0.15, 0.2) is 48.5 Å². The van der Waals surface area contributed by atoms with Crippen LogP contribution >= 0.6 is 0 Å². The lowest BCUT2D eigenvalue weighted by Gasteiger charge is -2.16. The van der Waals surface area contributed by atoms with Gasteiger partial charge < -0.3 is 22.2 Å². The zero-order valence-electron chi connectivity index (χ0n) is 16.6. The van der Waals surface area contributed by atoms with E-state index < -0.39 is 0 Å². The van der Waals surface area contributed by atoms with E-state index in [0.29, 0.717) is 0 Å². The van der Waals surface area contributed by atoms with Crippen LogP contribution in [-0.2, 0) is 6.42 Å². The van der Waals surface area contributed by atoms with Crippen LogP contribution in [0.25, 0.3) is 22.4 Å². The summed E-state index contributed by atoms with van der Waals surface area (Å²) in [7, 11) is 0. The van der Waals surface area contributed by atoms with Crippen molar-refractivity contribution in [1.29, 1.82) is 0 Å². The first-order chi connectivity index (χ1) is 13.7. The zero-order chi connectivity index (χ0) is 19.8. The van der Waals surface area contributed by atoms with Gasteiger partial charge in [0.15, 0.2) is 0 Å². The predicted octanol–water partition coefficient (Wildman–Crippen LogP) is 3.73. The molecule has 1 aromatic heterocycles. The number of nitrogens with zero attached hydrogens (tertiary/aromatic N) is 1. The van der Waals surface area contributed by atoms with Crippen LogP contribution in [-0.4, -0.2) is 28.6 Å². The summed E-state index contributed by atoms with van der Waals surface area (Å²) in [4.78, 5) is 8.19. The van der Waals surface area contributed by atoms with Crippen molar-refractivity contribution in [2.45, 2.75) is 57.0 Å². The molecule has 28 heavy (non-hydrogen) atoms. The topological polar surface area (TPSA) is 107 Å². The number of aromatic amines is 1. The van der Waals surface area contributed by atoms with Crippen molar-refractivity contribution < 1.29 is 0 Å². The van der Waals surface area contributed by atoms with Gasteiger partial charge in [0.25, 0.3) is 0 Å². The van der Waals surface area contributed by atoms with Crippen molar-refractivity contribution in [3.05, 3.63) is 54.1 Å². The second kappa shape index (κ2) is 10.4. The van der Waals surface area contributed by atoms with Crippen LogP contribution in [0, 0.1) is 0 Å². The summed E-state index contributed by atoms with van der Waals surface area (Å²) in [6.45, 7) is 0.747. The summed E-state index contributed by atoms with van der Waals surface area (Å²) in [6, 6.07) is 17.0. The molecular weight excluding hydrogens is 346 g/mol. The van der Waals surface area contributed by atoms with Gasteiger partial charge in [0.05, 0.1) is 11.0 Å². The number of unbranched alkanes of at least 4 members (excludes halogenated alkanes) is 1. The molecule has 0 saturated carbocycles. The van der Waals surface area contributed by atoms with Crippen molar-refractivity contribution in [1.82, 2.24) is 9.97 Å². The number of aromatic nitrogens is 2. The molecule has 0 amide bonds. The Labute approximate surface area is 167 Å². The highest BCUT2D eigenvalue weighted by atomic mass is 14.9. The molecule has 2 aromatic carbocycles. The molecular formula is C23H33N5. The first kappa shape index (κ1) is 20.5. The zero-order valence-corrected chi connectivity index (χ0v) is 16.6. The Hall–Kier alpha value is -2.21. The predicted molar refractivity (Wildman–Crippen MR) is 118 cm³/mol. The number of H-pyrrole nitrogens is 1. The molecule has 5 nitrogen and oxygen atoms in total. The van der Waals surface area contributed by atoms with Gasteiger partial charge in [-0.05, 0) is 62.8 Å². The van der Waals surface area contributed by atoms with E-state index in [1.54, 1.807) is 0 Å². The maximum absolute atomic E-state index is 6.38. The third kappa shape index (κ3) is 5.64. The normalized spacial score (nSPS) is 13.7. The van der Waals surface area contributed by atoms with Crippen molar-refractivity contribution in [3.8, 4) is 11.4 Å². The van der Waals surface area contributed by atoms with Crippen LogP contribution in [0.1, 0.15) is 44.1 Å². The van der Waals surface area contributed by atoms with Gasteiger partial charge >= 0.3 is 0 Å². The molecule has 7 N–H and O–H groups in total. The molecule has 3 rings (SSSR count). The number of fused-ring (bicyclic) bond motifs is 1. The highest BCUT2D eigenvalue weighted by Gasteiger charge is 2.12. The number of para-hydroxylation sites is 2. The van der Waals surface area contributed by atoms with E-state index in [2.05, 4.69) is 35.3 Å². The van der Waals surface area contributed by atoms with Gasteiger partial charge in [0.1, 0.15) is 5.82 Å². The van der Waals surface area contributed by atoms with E-state index in [1.807, 2.05) is 18.2 Å². The smallest absolute Gasteiger partial charge is 0.138 e. The van der Waals surface area contributed by atoms with Crippen LogP contribution in [0.4, 0.5) is 0 Å². The minimum absolute atomic E-state index is 0.171. The molecule has 0 radical (unpaired) electrons. The van der Waals surface area contributed by atoms with E-state index in [9.17, 15) is 0 Å². The fourth-order valence-corrected chi connectivity index (χ4v) is 3.66. The first-order valence-electron chi connectivity index (χ1n) is 10.4. The molecule has 0 bridgehead atoms. The maximum atomic E-state index is 6.38. The third-order valence-corrected chi connectivity index (χ3v) is 5.38. The van der Waals surface area contributed by atoms with Crippen molar-refractivity contribution >= 4 is 11.0 Å². The largest absolute Gasteiger partial charge is 0.338 e. The molecule has 0 saturated heterocycles. The molecule has 0 aliphatic carbocycles. The van der Waals surface area contributed by atoms with E-state index in [1.165, 1.54) is 5.56 Å². The maximum Gasteiger partial charge on any atom is 0.138 e. The van der Waals surface area contributed by atoms with Gasteiger partial charge in [0, 0.05) is 17.6 Å². The Morgan fingerprint density at radius 3 is 2.32 bits per heavy atom. The van der Waals surface area contributed by atoms with Crippen LogP contribution in [0.5, 0.6) is 0 Å². The molecule has 3 aromatic rings. The molecule has 2 atom stereocenters. The molecule has 1 heterocycles. The molecule has 0 aliphatic heterocycles. The van der Waals surface area contributed by atoms with Crippen molar-refractivity contribution in [2.75, 3.05) is 6.54 Å². The molecule has 0 spiro atoms. The Morgan fingerprint density at radius 2 is 1.54 bits per heavy atom. The van der Waals surface area contributed by atoms with Crippen molar-refractivity contribution in [3.63, 3.8) is 0 Å². The monoisotopic (exact) mass is 379 g/mol. The van der Waals surface area contributed by atoms with E-state index in [4.69, 9.17) is 22.2 Å². The summed E-state index contributed by atoms with van der Waals surface area (Å²) in [5.41, 5.74) is 22.6. The third-order valence-electron chi connectivity index (χ3n) is 5.38. The minimum atomic E-state index is 0.171. The van der Waals surface area contributed by atoms with Crippen LogP contribution in [0.3, 0.4) is 0 Å². The summed E-state index contributed by atoms with van der Waals surface area (Å²) in [5.74, 6) is 0.923. The fourth-order valence-electron chi connectivity index (χ4n) is 3.66. The second-order valence-electron chi connectivity index (χ2n) is 7.68. The van der Waals surface area contributed by atoms with Gasteiger partial charge in [-0.15, -0.1) is 0 Å². The number of nitrogens with one attached hydrogen (secondary N) is 1. The van der Waals surface area contributed by atoms with Gasteiger partial charge in [0.2, 0.25) is 0 Å². The number of hydrogen-bond donors (Lipinski definition) is 4. The number of hydrogen-bond acceptors (Lipinski definition) is 4. The van der Waals surface area contributed by atoms with Gasteiger partial charge in [-0.2, -0.15) is 0 Å². The average Bonchev–Trinajstić information content (AvgIpc) is 3.15. The number of imidazole rings is 1. The van der Waals surface area contributed by atoms with Gasteiger partial charge in [-0.1, -0.05) is 42.8 Å². The van der Waals surface area contributed by atoms with E-state index in [-0.39, 0.29) is 12.1 Å². The van der Waals surface area contributed by atoms with Gasteiger partial charge in [-0.3, -0.25) is 0 Å². The highest BCUT2D eigenvalue weighted by Crippen LogP contribution is 2.25. The number of nitrogens with two attached hydrogens (primary N) is 3. The average molecular weight is 380 g/mol. The lowest BCUT2D eigenvalue weighted by atomic mass is 9.96. The highest BCUT2D eigenvalue weighted by molar-refractivity contribution is 5.79. The fraction of sp³-hybridized carbons (Fsp3) is 0.435. The molecule has 5 heteroatoms. The first-order valence-corrected chi connectivity index (χ1v) is 10.4. The standard InChI is InChI=1S/C23H33N5/c24-16-6-5-8-18(25)14-15-19(26)13-12-17-7-1-2-9-20(17)23-27-21-10-3-4-11-22(21)28-23/h1-4,7,9-11,18-19H,5-6,8,12-16,24-26H2,(H,27,28). The summed E-state index contributed by atoms with van der Waals surface area (Å²) in [6.07, 6.45) is 7.05. The molecule has 150 valence electrons. The van der Waals surface area contributed by atoms with E-state index in [0.717, 1.165) is 73.9 Å². The Bertz CT molecular complexity index is 824.